The van der Waals surface area contributed by atoms with Gasteiger partial charge in [0.1, 0.15) is 0 Å². The van der Waals surface area contributed by atoms with Crippen molar-refractivity contribution in [1.29, 1.82) is 0 Å². The summed E-state index contributed by atoms with van der Waals surface area (Å²) in [6, 6.07) is 3.92. The number of anilines is 1. The summed E-state index contributed by atoms with van der Waals surface area (Å²) < 4.78 is 0.437. The van der Waals surface area contributed by atoms with Crippen molar-refractivity contribution in [1.82, 2.24) is 20.2 Å². The third-order valence-electron chi connectivity index (χ3n) is 2.51. The van der Waals surface area contributed by atoms with Crippen LogP contribution in [0.1, 0.15) is 23.7 Å². The molecular formula is C11H11BrN6O3. The van der Waals surface area contributed by atoms with Gasteiger partial charge in [0.15, 0.2) is 0 Å². The van der Waals surface area contributed by atoms with E-state index < -0.39 is 10.8 Å². The van der Waals surface area contributed by atoms with Crippen LogP contribution in [0.25, 0.3) is 0 Å². The zero-order valence-electron chi connectivity index (χ0n) is 11.0. The molecule has 0 saturated carbocycles. The standard InChI is InChI=1S/C11H11BrN6O3/c1-2-5-17-15-11(14-16-17)13-10(19)8-6-7(18(20)21)3-4-9(8)12/h3-4,6H,2,5H2,1H3,(H,13,15,19). The molecule has 0 bridgehead atoms. The molecule has 1 heterocycles. The fourth-order valence-electron chi connectivity index (χ4n) is 1.56. The highest BCUT2D eigenvalue weighted by Crippen LogP contribution is 2.23. The van der Waals surface area contributed by atoms with Gasteiger partial charge in [-0.25, -0.2) is 0 Å². The average molecular weight is 355 g/mol. The first kappa shape index (κ1) is 15.0. The molecule has 2 rings (SSSR count). The van der Waals surface area contributed by atoms with Crippen molar-refractivity contribution < 1.29 is 9.72 Å². The fourth-order valence-corrected chi connectivity index (χ4v) is 1.98. The summed E-state index contributed by atoms with van der Waals surface area (Å²) in [6.45, 7) is 2.55. The number of amides is 1. The summed E-state index contributed by atoms with van der Waals surface area (Å²) in [4.78, 5) is 23.6. The van der Waals surface area contributed by atoms with Gasteiger partial charge in [-0.1, -0.05) is 12.0 Å². The third kappa shape index (κ3) is 3.60. The van der Waals surface area contributed by atoms with E-state index in [0.717, 1.165) is 6.42 Å². The maximum atomic E-state index is 12.1. The van der Waals surface area contributed by atoms with Gasteiger partial charge in [0.05, 0.1) is 17.0 Å². The molecule has 0 unspecified atom stereocenters. The molecule has 1 aromatic heterocycles. The molecule has 1 aromatic carbocycles. The van der Waals surface area contributed by atoms with Crippen LogP contribution in [0.2, 0.25) is 0 Å². The first-order chi connectivity index (χ1) is 10.0. The van der Waals surface area contributed by atoms with Crippen molar-refractivity contribution in [2.75, 3.05) is 5.32 Å². The Hall–Kier alpha value is -2.36. The van der Waals surface area contributed by atoms with Crippen molar-refractivity contribution in [3.8, 4) is 0 Å². The number of nitro groups is 1. The number of halogens is 1. The number of aromatic nitrogens is 4. The first-order valence-corrected chi connectivity index (χ1v) is 6.83. The number of nitrogens with one attached hydrogen (secondary N) is 1. The second-order valence-electron chi connectivity index (χ2n) is 4.08. The van der Waals surface area contributed by atoms with Crippen LogP contribution in [0.15, 0.2) is 22.7 Å². The smallest absolute Gasteiger partial charge is 0.270 e. The molecule has 0 atom stereocenters. The zero-order valence-corrected chi connectivity index (χ0v) is 12.6. The Morgan fingerprint density at radius 2 is 2.29 bits per heavy atom. The van der Waals surface area contributed by atoms with Gasteiger partial charge < -0.3 is 0 Å². The Bertz CT molecular complexity index is 686. The summed E-state index contributed by atoms with van der Waals surface area (Å²) in [7, 11) is 0. The summed E-state index contributed by atoms with van der Waals surface area (Å²) >= 11 is 3.18. The monoisotopic (exact) mass is 354 g/mol. The lowest BCUT2D eigenvalue weighted by Crippen LogP contribution is -2.14. The minimum Gasteiger partial charge on any atom is -0.288 e. The van der Waals surface area contributed by atoms with Crippen molar-refractivity contribution >= 4 is 33.5 Å². The van der Waals surface area contributed by atoms with E-state index >= 15 is 0 Å². The molecule has 1 amide bonds. The number of non-ortho nitro benzene ring substituents is 1. The molecule has 0 aliphatic rings. The highest BCUT2D eigenvalue weighted by molar-refractivity contribution is 9.10. The van der Waals surface area contributed by atoms with E-state index in [4.69, 9.17) is 0 Å². The number of nitro benzene ring substituents is 1. The molecule has 0 radical (unpaired) electrons. The van der Waals surface area contributed by atoms with E-state index in [0.29, 0.717) is 11.0 Å². The van der Waals surface area contributed by atoms with Crippen LogP contribution >= 0.6 is 15.9 Å². The van der Waals surface area contributed by atoms with E-state index in [2.05, 4.69) is 36.7 Å². The van der Waals surface area contributed by atoms with Crippen LogP contribution in [0.3, 0.4) is 0 Å². The minimum absolute atomic E-state index is 0.0480. The van der Waals surface area contributed by atoms with Gasteiger partial charge in [0.25, 0.3) is 17.5 Å². The lowest BCUT2D eigenvalue weighted by atomic mass is 10.2. The van der Waals surface area contributed by atoms with Crippen LogP contribution in [0, 0.1) is 10.1 Å². The Morgan fingerprint density at radius 1 is 1.52 bits per heavy atom. The number of tetrazole rings is 1. The first-order valence-electron chi connectivity index (χ1n) is 6.04. The maximum absolute atomic E-state index is 12.1. The third-order valence-corrected chi connectivity index (χ3v) is 3.20. The van der Waals surface area contributed by atoms with Crippen LogP contribution < -0.4 is 5.32 Å². The van der Waals surface area contributed by atoms with Crippen molar-refractivity contribution in [3.63, 3.8) is 0 Å². The molecule has 0 aliphatic heterocycles. The van der Waals surface area contributed by atoms with Crippen molar-refractivity contribution in [3.05, 3.63) is 38.3 Å². The predicted octanol–water partition coefficient (Wildman–Crippen LogP) is 2.01. The molecule has 1 N–H and O–H groups in total. The highest BCUT2D eigenvalue weighted by atomic mass is 79.9. The maximum Gasteiger partial charge on any atom is 0.270 e. The van der Waals surface area contributed by atoms with E-state index in [9.17, 15) is 14.9 Å². The largest absolute Gasteiger partial charge is 0.288 e. The van der Waals surface area contributed by atoms with Crippen LogP contribution in [0.5, 0.6) is 0 Å². The topological polar surface area (TPSA) is 116 Å². The lowest BCUT2D eigenvalue weighted by Gasteiger charge is -2.03. The molecule has 9 nitrogen and oxygen atoms in total. The van der Waals surface area contributed by atoms with E-state index in [1.165, 1.54) is 23.0 Å². The summed E-state index contributed by atoms with van der Waals surface area (Å²) in [6.07, 6.45) is 0.834. The summed E-state index contributed by atoms with van der Waals surface area (Å²) in [5.41, 5.74) is -0.0537. The lowest BCUT2D eigenvalue weighted by molar-refractivity contribution is -0.384. The average Bonchev–Trinajstić information content (AvgIpc) is 2.86. The van der Waals surface area contributed by atoms with Crippen LogP contribution in [0.4, 0.5) is 11.6 Å². The van der Waals surface area contributed by atoms with E-state index in [1.54, 1.807) is 0 Å². The van der Waals surface area contributed by atoms with Crippen LogP contribution in [-0.2, 0) is 6.54 Å². The molecule has 0 aliphatic carbocycles. The Labute approximate surface area is 127 Å². The van der Waals surface area contributed by atoms with E-state index in [1.807, 2.05) is 6.92 Å². The minimum atomic E-state index is -0.570. The van der Waals surface area contributed by atoms with Gasteiger partial charge in [-0.05, 0) is 33.6 Å². The molecule has 110 valence electrons. The molecule has 0 fully saturated rings. The van der Waals surface area contributed by atoms with E-state index in [-0.39, 0.29) is 17.2 Å². The fraction of sp³-hybridized carbons (Fsp3) is 0.273. The number of rotatable bonds is 5. The number of aryl methyl sites for hydroxylation is 1. The normalized spacial score (nSPS) is 10.4. The predicted molar refractivity (Wildman–Crippen MR) is 76.9 cm³/mol. The Balaban J connectivity index is 2.19. The van der Waals surface area contributed by atoms with Gasteiger partial charge in [0, 0.05) is 16.6 Å². The van der Waals surface area contributed by atoms with Crippen molar-refractivity contribution in [2.45, 2.75) is 19.9 Å². The Morgan fingerprint density at radius 3 is 2.95 bits per heavy atom. The number of carbonyl (C=O) groups excluding carboxylic acids is 1. The Kier molecular flexibility index (Phi) is 4.58. The number of carbonyl (C=O) groups is 1. The second-order valence-corrected chi connectivity index (χ2v) is 4.94. The molecule has 10 heteroatoms. The van der Waals surface area contributed by atoms with Gasteiger partial charge in [-0.2, -0.15) is 4.80 Å². The molecular weight excluding hydrogens is 344 g/mol. The van der Waals surface area contributed by atoms with Gasteiger partial charge in [0.2, 0.25) is 0 Å². The number of nitrogens with zero attached hydrogens (tertiary/aromatic N) is 5. The molecule has 21 heavy (non-hydrogen) atoms. The van der Waals surface area contributed by atoms with Gasteiger partial charge in [-0.3, -0.25) is 20.2 Å². The van der Waals surface area contributed by atoms with Gasteiger partial charge in [-0.15, -0.1) is 5.10 Å². The van der Waals surface area contributed by atoms with Crippen molar-refractivity contribution in [2.24, 2.45) is 0 Å². The van der Waals surface area contributed by atoms with Crippen LogP contribution in [-0.4, -0.2) is 31.0 Å². The number of hydrogen-bond acceptors (Lipinski definition) is 6. The molecule has 2 aromatic rings. The SMILES string of the molecule is CCCn1nnc(NC(=O)c2cc([N+](=O)[O-])ccc2Br)n1. The number of hydrogen-bond donors (Lipinski definition) is 1. The summed E-state index contributed by atoms with van der Waals surface area (Å²) in [5.74, 6) is -0.506. The molecule has 0 spiro atoms. The molecule has 0 saturated heterocycles. The summed E-state index contributed by atoms with van der Waals surface area (Å²) in [5, 5.41) is 24.6. The highest BCUT2D eigenvalue weighted by Gasteiger charge is 2.17. The quantitative estimate of drug-likeness (QED) is 0.648. The zero-order chi connectivity index (χ0) is 15.4. The van der Waals surface area contributed by atoms with Gasteiger partial charge >= 0.3 is 0 Å². The number of benzene rings is 1. The second kappa shape index (κ2) is 6.39.